The van der Waals surface area contributed by atoms with E-state index in [4.69, 9.17) is 26.3 Å². The van der Waals surface area contributed by atoms with Gasteiger partial charge in [-0.15, -0.1) is 0 Å². The van der Waals surface area contributed by atoms with Crippen molar-refractivity contribution in [2.45, 2.75) is 51.4 Å². The normalized spacial score (nSPS) is 11.2. The van der Waals surface area contributed by atoms with Gasteiger partial charge in [-0.1, -0.05) is 25.7 Å². The molecular weight excluding hydrogens is 250 g/mol. The summed E-state index contributed by atoms with van der Waals surface area (Å²) in [6.45, 7) is 0. The van der Waals surface area contributed by atoms with Crippen molar-refractivity contribution in [1.82, 2.24) is 0 Å². The molecule has 0 rings (SSSR count). The SMILES string of the molecule is N#CCCCCCCCC(C#N)C(C#N)(C#N)CC#N. The van der Waals surface area contributed by atoms with Crippen LogP contribution >= 0.6 is 0 Å². The van der Waals surface area contributed by atoms with Gasteiger partial charge >= 0.3 is 0 Å². The van der Waals surface area contributed by atoms with Crippen LogP contribution in [0.15, 0.2) is 0 Å². The van der Waals surface area contributed by atoms with Gasteiger partial charge in [0.1, 0.15) is 0 Å². The first kappa shape index (κ1) is 17.4. The summed E-state index contributed by atoms with van der Waals surface area (Å²) in [6, 6.07) is 9.60. The largest absolute Gasteiger partial charge is 0.198 e. The summed E-state index contributed by atoms with van der Waals surface area (Å²) >= 11 is 0. The standard InChI is InChI=1S/C15H17N5/c16-9-6-4-2-1-3-5-7-14(11-18)15(12-19,13-20)8-10-17/h14H,1-8H2. The van der Waals surface area contributed by atoms with Gasteiger partial charge in [0.15, 0.2) is 5.41 Å². The molecule has 0 radical (unpaired) electrons. The number of hydrogen-bond acceptors (Lipinski definition) is 5. The quantitative estimate of drug-likeness (QED) is 0.593. The topological polar surface area (TPSA) is 119 Å². The number of hydrogen-bond donors (Lipinski definition) is 0. The van der Waals surface area contributed by atoms with E-state index in [2.05, 4.69) is 6.07 Å². The molecule has 0 aromatic rings. The molecule has 0 amide bonds. The third-order valence-corrected chi connectivity index (χ3v) is 3.29. The molecule has 102 valence electrons. The summed E-state index contributed by atoms with van der Waals surface area (Å²) in [4.78, 5) is 0. The van der Waals surface area contributed by atoms with Crippen LogP contribution in [0.2, 0.25) is 0 Å². The second kappa shape index (κ2) is 10.4. The zero-order valence-corrected chi connectivity index (χ0v) is 11.5. The molecule has 0 bridgehead atoms. The van der Waals surface area contributed by atoms with E-state index in [1.165, 1.54) is 0 Å². The minimum atomic E-state index is -1.51. The monoisotopic (exact) mass is 267 g/mol. The van der Waals surface area contributed by atoms with Crippen LogP contribution in [0.5, 0.6) is 0 Å². The van der Waals surface area contributed by atoms with Crippen molar-refractivity contribution in [3.63, 3.8) is 0 Å². The molecule has 0 aliphatic heterocycles. The molecule has 0 spiro atoms. The molecule has 0 aromatic carbocycles. The van der Waals surface area contributed by atoms with Crippen molar-refractivity contribution in [2.75, 3.05) is 0 Å². The Kier molecular flexibility index (Phi) is 9.06. The zero-order chi connectivity index (χ0) is 15.3. The fourth-order valence-electron chi connectivity index (χ4n) is 2.01. The average Bonchev–Trinajstić information content (AvgIpc) is 2.48. The molecule has 0 aliphatic rings. The van der Waals surface area contributed by atoms with E-state index in [1.54, 1.807) is 0 Å². The molecule has 1 unspecified atom stereocenters. The Morgan fingerprint density at radius 1 is 0.750 bits per heavy atom. The minimum Gasteiger partial charge on any atom is -0.198 e. The van der Waals surface area contributed by atoms with Crippen molar-refractivity contribution < 1.29 is 0 Å². The molecule has 0 aliphatic carbocycles. The van der Waals surface area contributed by atoms with Crippen LogP contribution in [0.4, 0.5) is 0 Å². The van der Waals surface area contributed by atoms with Crippen molar-refractivity contribution in [3.8, 4) is 30.3 Å². The Morgan fingerprint density at radius 2 is 1.35 bits per heavy atom. The molecule has 0 aromatic heterocycles. The van der Waals surface area contributed by atoms with Crippen molar-refractivity contribution in [2.24, 2.45) is 11.3 Å². The van der Waals surface area contributed by atoms with E-state index in [9.17, 15) is 0 Å². The maximum absolute atomic E-state index is 9.13. The molecule has 0 saturated heterocycles. The maximum atomic E-state index is 9.13. The Hall–Kier alpha value is -2.55. The van der Waals surface area contributed by atoms with E-state index in [1.807, 2.05) is 24.3 Å². The number of nitriles is 5. The minimum absolute atomic E-state index is 0.236. The molecule has 5 nitrogen and oxygen atoms in total. The number of unbranched alkanes of at least 4 members (excludes halogenated alkanes) is 5. The van der Waals surface area contributed by atoms with E-state index < -0.39 is 11.3 Å². The van der Waals surface area contributed by atoms with Crippen LogP contribution in [0.1, 0.15) is 51.4 Å². The fraction of sp³-hybridized carbons (Fsp3) is 0.667. The van der Waals surface area contributed by atoms with Crippen LogP contribution in [-0.2, 0) is 0 Å². The van der Waals surface area contributed by atoms with Gasteiger partial charge < -0.3 is 0 Å². The highest BCUT2D eigenvalue weighted by Gasteiger charge is 2.39. The fourth-order valence-corrected chi connectivity index (χ4v) is 2.01. The summed E-state index contributed by atoms with van der Waals surface area (Å²) in [5, 5.41) is 44.4. The van der Waals surface area contributed by atoms with Gasteiger partial charge in [-0.05, 0) is 12.8 Å². The highest BCUT2D eigenvalue weighted by molar-refractivity contribution is 5.23. The van der Waals surface area contributed by atoms with Gasteiger partial charge in [0.25, 0.3) is 0 Å². The second-order valence-corrected chi connectivity index (χ2v) is 4.68. The molecule has 5 heteroatoms. The lowest BCUT2D eigenvalue weighted by molar-refractivity contribution is 0.360. The Bertz CT molecular complexity index is 475. The molecule has 20 heavy (non-hydrogen) atoms. The number of rotatable bonds is 9. The van der Waals surface area contributed by atoms with Gasteiger partial charge in [-0.25, -0.2) is 0 Å². The molecule has 1 atom stereocenters. The Morgan fingerprint density at radius 3 is 1.85 bits per heavy atom. The van der Waals surface area contributed by atoms with Gasteiger partial charge in [0, 0.05) is 6.42 Å². The third kappa shape index (κ3) is 5.40. The predicted molar refractivity (Wildman–Crippen MR) is 70.9 cm³/mol. The first-order chi connectivity index (χ1) is 9.70. The second-order valence-electron chi connectivity index (χ2n) is 4.68. The van der Waals surface area contributed by atoms with Crippen LogP contribution in [0, 0.1) is 68.0 Å². The third-order valence-electron chi connectivity index (χ3n) is 3.29. The van der Waals surface area contributed by atoms with Crippen molar-refractivity contribution in [1.29, 1.82) is 26.3 Å². The van der Waals surface area contributed by atoms with Crippen molar-refractivity contribution in [3.05, 3.63) is 0 Å². The summed E-state index contributed by atoms with van der Waals surface area (Å²) in [5.74, 6) is -0.726. The van der Waals surface area contributed by atoms with E-state index in [-0.39, 0.29) is 6.42 Å². The lowest BCUT2D eigenvalue weighted by Gasteiger charge is -2.20. The zero-order valence-electron chi connectivity index (χ0n) is 11.5. The Labute approximate surface area is 120 Å². The van der Waals surface area contributed by atoms with Gasteiger partial charge in [-0.2, -0.15) is 26.3 Å². The Balaban J connectivity index is 4.27. The summed E-state index contributed by atoms with van der Waals surface area (Å²) in [7, 11) is 0. The molecule has 0 N–H and O–H groups in total. The molecular formula is C15H17N5. The highest BCUT2D eigenvalue weighted by Crippen LogP contribution is 2.33. The van der Waals surface area contributed by atoms with E-state index in [0.29, 0.717) is 12.8 Å². The first-order valence-corrected chi connectivity index (χ1v) is 6.66. The summed E-state index contributed by atoms with van der Waals surface area (Å²) < 4.78 is 0. The molecule has 0 heterocycles. The van der Waals surface area contributed by atoms with Gasteiger partial charge in [-0.3, -0.25) is 0 Å². The summed E-state index contributed by atoms with van der Waals surface area (Å²) in [6.07, 6.45) is 5.28. The van der Waals surface area contributed by atoms with Crippen LogP contribution in [-0.4, -0.2) is 0 Å². The first-order valence-electron chi connectivity index (χ1n) is 6.66. The predicted octanol–water partition coefficient (Wildman–Crippen LogP) is 3.33. The number of nitrogens with zero attached hydrogens (tertiary/aromatic N) is 5. The van der Waals surface area contributed by atoms with Gasteiger partial charge in [0.05, 0.1) is 42.7 Å². The van der Waals surface area contributed by atoms with Gasteiger partial charge in [0.2, 0.25) is 0 Å². The average molecular weight is 267 g/mol. The summed E-state index contributed by atoms with van der Waals surface area (Å²) in [5.41, 5.74) is -1.51. The van der Waals surface area contributed by atoms with Crippen LogP contribution in [0.3, 0.4) is 0 Å². The van der Waals surface area contributed by atoms with E-state index in [0.717, 1.165) is 32.1 Å². The smallest absolute Gasteiger partial charge is 0.172 e. The van der Waals surface area contributed by atoms with Crippen molar-refractivity contribution >= 4 is 0 Å². The van der Waals surface area contributed by atoms with Crippen LogP contribution in [0.25, 0.3) is 0 Å². The lowest BCUT2D eigenvalue weighted by atomic mass is 9.74. The van der Waals surface area contributed by atoms with Crippen LogP contribution < -0.4 is 0 Å². The van der Waals surface area contributed by atoms with E-state index >= 15 is 0 Å². The highest BCUT2D eigenvalue weighted by atomic mass is 14.5. The maximum Gasteiger partial charge on any atom is 0.172 e. The lowest BCUT2D eigenvalue weighted by Crippen LogP contribution is -2.26. The molecule has 0 fully saturated rings. The molecule has 0 saturated carbocycles.